The van der Waals surface area contributed by atoms with E-state index in [2.05, 4.69) is 123 Å². The summed E-state index contributed by atoms with van der Waals surface area (Å²) in [6, 6.07) is 21.3. The molecular formula is C34H42Li2N2. The quantitative estimate of drug-likeness (QED) is 0.333. The van der Waals surface area contributed by atoms with Crippen LogP contribution in [0.5, 0.6) is 0 Å². The van der Waals surface area contributed by atoms with E-state index in [9.17, 15) is 0 Å². The summed E-state index contributed by atoms with van der Waals surface area (Å²) < 4.78 is 0. The van der Waals surface area contributed by atoms with Crippen molar-refractivity contribution >= 4 is 22.8 Å². The molecule has 0 unspecified atom stereocenters. The van der Waals surface area contributed by atoms with Crippen LogP contribution < -0.4 is 37.7 Å². The minimum atomic E-state index is 0. The van der Waals surface area contributed by atoms with Crippen LogP contribution in [0.15, 0.2) is 73.8 Å². The van der Waals surface area contributed by atoms with Crippen molar-refractivity contribution in [1.82, 2.24) is 0 Å². The van der Waals surface area contributed by atoms with Crippen LogP contribution in [0.3, 0.4) is 0 Å². The SMILES string of the molecule is C=C([N-]c1c(C(C)C)cccc1C(C)C)c1cccc(C(=C)[N-]c2c(C(C)C)cccc2C(C)C)c1.[Li+].[Li+]. The first-order chi connectivity index (χ1) is 17.0. The average molecular weight is 493 g/mol. The van der Waals surface area contributed by atoms with Crippen LogP contribution in [0, 0.1) is 0 Å². The Morgan fingerprint density at radius 2 is 0.763 bits per heavy atom. The van der Waals surface area contributed by atoms with Gasteiger partial charge in [-0.3, -0.25) is 0 Å². The van der Waals surface area contributed by atoms with Crippen molar-refractivity contribution in [1.29, 1.82) is 0 Å². The maximum atomic E-state index is 5.08. The average Bonchev–Trinajstić information content (AvgIpc) is 2.83. The van der Waals surface area contributed by atoms with Gasteiger partial charge in [0, 0.05) is 0 Å². The largest absolute Gasteiger partial charge is 1.00 e. The Balaban J connectivity index is 0.00000361. The molecule has 38 heavy (non-hydrogen) atoms. The predicted molar refractivity (Wildman–Crippen MR) is 160 cm³/mol. The maximum absolute atomic E-state index is 5.08. The molecule has 0 saturated heterocycles. The van der Waals surface area contributed by atoms with E-state index in [1.54, 1.807) is 0 Å². The Bertz CT molecular complexity index is 1090. The molecule has 0 N–H and O–H groups in total. The number of rotatable bonds is 10. The molecule has 3 aromatic carbocycles. The van der Waals surface area contributed by atoms with E-state index < -0.39 is 0 Å². The molecular weight excluding hydrogens is 450 g/mol. The summed E-state index contributed by atoms with van der Waals surface area (Å²) in [5, 5.41) is 10.2. The number of hydrogen-bond donors (Lipinski definition) is 0. The van der Waals surface area contributed by atoms with E-state index in [0.29, 0.717) is 23.7 Å². The third kappa shape index (κ3) is 7.98. The van der Waals surface area contributed by atoms with Gasteiger partial charge in [0.15, 0.2) is 0 Å². The van der Waals surface area contributed by atoms with Crippen molar-refractivity contribution in [2.45, 2.75) is 79.1 Å². The number of benzene rings is 3. The Hall–Kier alpha value is -2.07. The summed E-state index contributed by atoms with van der Waals surface area (Å²) in [5.41, 5.74) is 10.6. The Kier molecular flexibility index (Phi) is 13.3. The van der Waals surface area contributed by atoms with E-state index in [-0.39, 0.29) is 37.7 Å². The van der Waals surface area contributed by atoms with Crippen molar-refractivity contribution in [3.05, 3.63) is 118 Å². The van der Waals surface area contributed by atoms with Crippen molar-refractivity contribution < 1.29 is 37.7 Å². The molecule has 0 atom stereocenters. The molecule has 0 amide bonds. The normalized spacial score (nSPS) is 10.8. The third-order valence-corrected chi connectivity index (χ3v) is 6.71. The van der Waals surface area contributed by atoms with Gasteiger partial charge in [0.1, 0.15) is 0 Å². The van der Waals surface area contributed by atoms with Crippen LogP contribution in [-0.2, 0) is 0 Å². The summed E-state index contributed by atoms with van der Waals surface area (Å²) in [5.74, 6) is 1.54. The van der Waals surface area contributed by atoms with E-state index in [0.717, 1.165) is 33.9 Å². The second kappa shape index (κ2) is 14.9. The first-order valence-electron chi connectivity index (χ1n) is 13.2. The summed E-state index contributed by atoms with van der Waals surface area (Å²) in [4.78, 5) is 0. The minimum absolute atomic E-state index is 0. The van der Waals surface area contributed by atoms with Gasteiger partial charge in [-0.1, -0.05) is 138 Å². The van der Waals surface area contributed by atoms with Crippen molar-refractivity contribution in [3.63, 3.8) is 0 Å². The summed E-state index contributed by atoms with van der Waals surface area (Å²) >= 11 is 0. The van der Waals surface area contributed by atoms with Crippen molar-refractivity contribution in [2.75, 3.05) is 0 Å². The van der Waals surface area contributed by atoms with Gasteiger partial charge in [0.05, 0.1) is 0 Å². The maximum Gasteiger partial charge on any atom is 1.00 e. The number of hydrogen-bond acceptors (Lipinski definition) is 0. The molecule has 190 valence electrons. The zero-order valence-electron chi connectivity index (χ0n) is 25.4. The molecule has 0 aliphatic rings. The fraction of sp³-hybridized carbons (Fsp3) is 0.353. The van der Waals surface area contributed by atoms with Gasteiger partial charge in [0.2, 0.25) is 0 Å². The van der Waals surface area contributed by atoms with Gasteiger partial charge in [-0.2, -0.15) is 0 Å². The smallest absolute Gasteiger partial charge is 0.657 e. The molecule has 0 heterocycles. The van der Waals surface area contributed by atoms with Crippen LogP contribution >= 0.6 is 0 Å². The molecule has 0 spiro atoms. The van der Waals surface area contributed by atoms with Gasteiger partial charge in [-0.25, -0.2) is 0 Å². The molecule has 0 aromatic heterocycles. The fourth-order valence-electron chi connectivity index (χ4n) is 4.56. The van der Waals surface area contributed by atoms with E-state index in [4.69, 9.17) is 10.6 Å². The van der Waals surface area contributed by atoms with E-state index in [1.807, 2.05) is 6.07 Å². The van der Waals surface area contributed by atoms with Crippen LogP contribution in [0.4, 0.5) is 11.4 Å². The predicted octanol–water partition coefficient (Wildman–Crippen LogP) is 5.54. The van der Waals surface area contributed by atoms with Crippen molar-refractivity contribution in [3.8, 4) is 0 Å². The summed E-state index contributed by atoms with van der Waals surface area (Å²) in [7, 11) is 0. The van der Waals surface area contributed by atoms with Gasteiger partial charge >= 0.3 is 37.7 Å². The number of para-hydroxylation sites is 2. The summed E-state index contributed by atoms with van der Waals surface area (Å²) in [6.07, 6.45) is 0. The molecule has 4 heteroatoms. The van der Waals surface area contributed by atoms with Crippen LogP contribution in [-0.4, -0.2) is 0 Å². The second-order valence-corrected chi connectivity index (χ2v) is 10.9. The Morgan fingerprint density at radius 3 is 1.03 bits per heavy atom. The molecule has 0 bridgehead atoms. The molecule has 0 aliphatic heterocycles. The molecule has 0 aliphatic carbocycles. The fourth-order valence-corrected chi connectivity index (χ4v) is 4.56. The van der Waals surface area contributed by atoms with Crippen molar-refractivity contribution in [2.24, 2.45) is 0 Å². The van der Waals surface area contributed by atoms with Gasteiger partial charge in [-0.05, 0) is 34.8 Å². The Labute approximate surface area is 256 Å². The first kappa shape index (κ1) is 34.0. The molecule has 3 rings (SSSR count). The van der Waals surface area contributed by atoms with Gasteiger partial charge in [0.25, 0.3) is 0 Å². The Morgan fingerprint density at radius 1 is 0.500 bits per heavy atom. The summed E-state index contributed by atoms with van der Waals surface area (Å²) in [6.45, 7) is 26.4. The molecule has 0 fully saturated rings. The van der Waals surface area contributed by atoms with Crippen LogP contribution in [0.25, 0.3) is 22.0 Å². The molecule has 2 nitrogen and oxygen atoms in total. The van der Waals surface area contributed by atoms with Gasteiger partial charge in [-0.15, -0.1) is 35.9 Å². The molecule has 0 saturated carbocycles. The molecule has 3 aromatic rings. The standard InChI is InChI=1S/C34H42N2.2Li/c1-21(2)29-16-12-17-30(22(3)4)33(29)35-25(9)27-14-11-15-28(20-27)26(10)36-34-31(23(5)6)18-13-19-32(34)24(7)8;;/h11-24H,9-10H2,1-8H3;;/q-2;2*+1. The minimum Gasteiger partial charge on any atom is -0.657 e. The zero-order valence-corrected chi connectivity index (χ0v) is 25.4. The van der Waals surface area contributed by atoms with E-state index in [1.165, 1.54) is 22.3 Å². The number of nitrogens with zero attached hydrogens (tertiary/aromatic N) is 2. The van der Waals surface area contributed by atoms with E-state index >= 15 is 0 Å². The van der Waals surface area contributed by atoms with Crippen LogP contribution in [0.1, 0.15) is 112 Å². The second-order valence-electron chi connectivity index (χ2n) is 10.9. The topological polar surface area (TPSA) is 28.2 Å². The third-order valence-electron chi connectivity index (χ3n) is 6.71. The molecule has 0 radical (unpaired) electrons. The first-order valence-corrected chi connectivity index (χ1v) is 13.2. The zero-order chi connectivity index (χ0) is 26.6. The van der Waals surface area contributed by atoms with Gasteiger partial charge < -0.3 is 10.6 Å². The monoisotopic (exact) mass is 492 g/mol. The van der Waals surface area contributed by atoms with Crippen LogP contribution in [0.2, 0.25) is 0 Å².